The highest BCUT2D eigenvalue weighted by molar-refractivity contribution is 5.85. The zero-order valence-corrected chi connectivity index (χ0v) is 10.4. The summed E-state index contributed by atoms with van der Waals surface area (Å²) in [7, 11) is 0. The number of phenolic OH excluding ortho intramolecular Hbond substituents is 1. The maximum atomic E-state index is 12.0. The summed E-state index contributed by atoms with van der Waals surface area (Å²) in [6, 6.07) is 14.1. The molecule has 0 fully saturated rings. The van der Waals surface area contributed by atoms with Crippen molar-refractivity contribution in [3.05, 3.63) is 64.5 Å². The van der Waals surface area contributed by atoms with Crippen molar-refractivity contribution in [2.45, 2.75) is 6.92 Å². The fraction of sp³-hybridized carbons (Fsp3) is 0.0625. The van der Waals surface area contributed by atoms with E-state index >= 15 is 0 Å². The topological polar surface area (TPSA) is 50.4 Å². The van der Waals surface area contributed by atoms with E-state index in [0.717, 1.165) is 10.9 Å². The molecule has 19 heavy (non-hydrogen) atoms. The van der Waals surface area contributed by atoms with Crippen molar-refractivity contribution >= 4 is 11.0 Å². The zero-order valence-electron chi connectivity index (χ0n) is 10.4. The van der Waals surface area contributed by atoms with Gasteiger partial charge in [0, 0.05) is 10.9 Å². The van der Waals surface area contributed by atoms with Crippen molar-refractivity contribution in [2.24, 2.45) is 0 Å². The maximum Gasteiger partial charge on any atom is 0.344 e. The molecular weight excluding hydrogens is 240 g/mol. The average Bonchev–Trinajstić information content (AvgIpc) is 2.39. The van der Waals surface area contributed by atoms with E-state index in [1.807, 2.05) is 19.1 Å². The molecule has 0 amide bonds. The molecule has 1 heterocycles. The van der Waals surface area contributed by atoms with E-state index in [2.05, 4.69) is 0 Å². The van der Waals surface area contributed by atoms with Crippen molar-refractivity contribution < 1.29 is 9.52 Å². The summed E-state index contributed by atoms with van der Waals surface area (Å²) in [4.78, 5) is 12.0. The molecule has 0 bridgehead atoms. The Kier molecular flexibility index (Phi) is 2.60. The van der Waals surface area contributed by atoms with Gasteiger partial charge >= 0.3 is 5.63 Å². The minimum absolute atomic E-state index is 0.0720. The average molecular weight is 252 g/mol. The Morgan fingerprint density at radius 2 is 1.79 bits per heavy atom. The van der Waals surface area contributed by atoms with Gasteiger partial charge in [-0.3, -0.25) is 0 Å². The summed E-state index contributed by atoms with van der Waals surface area (Å²) in [5, 5.41) is 10.7. The van der Waals surface area contributed by atoms with Gasteiger partial charge in [-0.1, -0.05) is 30.3 Å². The van der Waals surface area contributed by atoms with Crippen LogP contribution < -0.4 is 5.63 Å². The minimum Gasteiger partial charge on any atom is -0.507 e. The summed E-state index contributed by atoms with van der Waals surface area (Å²) in [5.74, 6) is 0.0720. The summed E-state index contributed by atoms with van der Waals surface area (Å²) < 4.78 is 5.32. The minimum atomic E-state index is -0.445. The van der Waals surface area contributed by atoms with Crippen molar-refractivity contribution in [2.75, 3.05) is 0 Å². The van der Waals surface area contributed by atoms with Crippen LogP contribution in [0.1, 0.15) is 5.56 Å². The second-order valence-electron chi connectivity index (χ2n) is 4.45. The number of aryl methyl sites for hydroxylation is 1. The molecule has 3 nitrogen and oxygen atoms in total. The third kappa shape index (κ3) is 1.89. The van der Waals surface area contributed by atoms with Crippen LogP contribution in [0.3, 0.4) is 0 Å². The standard InChI is InChI=1S/C16H12O3/c1-10-5-4-8-15-12(10)9-13(16(18)19-15)11-6-2-3-7-14(11)17/h2-9,17H,1H3. The third-order valence-electron chi connectivity index (χ3n) is 3.19. The molecule has 0 saturated carbocycles. The Labute approximate surface area is 109 Å². The number of benzene rings is 2. The highest BCUT2D eigenvalue weighted by Crippen LogP contribution is 2.29. The van der Waals surface area contributed by atoms with Gasteiger partial charge in [-0.05, 0) is 30.7 Å². The van der Waals surface area contributed by atoms with Crippen LogP contribution in [0.4, 0.5) is 0 Å². The Morgan fingerprint density at radius 1 is 1.00 bits per heavy atom. The fourth-order valence-electron chi connectivity index (χ4n) is 2.17. The molecule has 3 aromatic rings. The van der Waals surface area contributed by atoms with Crippen molar-refractivity contribution in [1.82, 2.24) is 0 Å². The normalized spacial score (nSPS) is 10.8. The number of rotatable bonds is 1. The van der Waals surface area contributed by atoms with Crippen LogP contribution in [-0.2, 0) is 0 Å². The van der Waals surface area contributed by atoms with Gasteiger partial charge in [-0.2, -0.15) is 0 Å². The number of para-hydroxylation sites is 1. The van der Waals surface area contributed by atoms with Crippen LogP contribution in [0.15, 0.2) is 57.7 Å². The summed E-state index contributed by atoms with van der Waals surface area (Å²) in [5.41, 5.74) is 2.00. The molecule has 3 heteroatoms. The first-order valence-corrected chi connectivity index (χ1v) is 5.98. The predicted octanol–water partition coefficient (Wildman–Crippen LogP) is 3.47. The van der Waals surface area contributed by atoms with E-state index in [0.29, 0.717) is 16.7 Å². The van der Waals surface area contributed by atoms with E-state index < -0.39 is 5.63 Å². The van der Waals surface area contributed by atoms with Gasteiger partial charge in [-0.25, -0.2) is 4.79 Å². The van der Waals surface area contributed by atoms with Crippen LogP contribution >= 0.6 is 0 Å². The van der Waals surface area contributed by atoms with Gasteiger partial charge < -0.3 is 9.52 Å². The Bertz CT molecular complexity index is 816. The van der Waals surface area contributed by atoms with E-state index in [9.17, 15) is 9.90 Å². The molecule has 0 spiro atoms. The Balaban J connectivity index is 2.37. The number of phenols is 1. The molecule has 3 rings (SSSR count). The SMILES string of the molecule is Cc1cccc2oc(=O)c(-c3ccccc3O)cc12. The van der Waals surface area contributed by atoms with Gasteiger partial charge in [0.25, 0.3) is 0 Å². The predicted molar refractivity (Wildman–Crippen MR) is 74.3 cm³/mol. The maximum absolute atomic E-state index is 12.0. The fourth-order valence-corrected chi connectivity index (χ4v) is 2.17. The molecular formula is C16H12O3. The van der Waals surface area contributed by atoms with Crippen LogP contribution in [0.5, 0.6) is 5.75 Å². The van der Waals surface area contributed by atoms with Crippen molar-refractivity contribution in [3.8, 4) is 16.9 Å². The second kappa shape index (κ2) is 4.28. The van der Waals surface area contributed by atoms with Crippen LogP contribution in [0.25, 0.3) is 22.1 Å². The van der Waals surface area contributed by atoms with Gasteiger partial charge in [-0.15, -0.1) is 0 Å². The van der Waals surface area contributed by atoms with E-state index in [4.69, 9.17) is 4.42 Å². The van der Waals surface area contributed by atoms with E-state index in [1.54, 1.807) is 36.4 Å². The largest absolute Gasteiger partial charge is 0.507 e. The second-order valence-corrected chi connectivity index (χ2v) is 4.45. The number of hydrogen-bond acceptors (Lipinski definition) is 3. The number of fused-ring (bicyclic) bond motifs is 1. The lowest BCUT2D eigenvalue weighted by Crippen LogP contribution is -2.03. The first-order valence-electron chi connectivity index (χ1n) is 5.98. The smallest absolute Gasteiger partial charge is 0.344 e. The first-order chi connectivity index (χ1) is 9.16. The van der Waals surface area contributed by atoms with E-state index in [-0.39, 0.29) is 5.75 Å². The molecule has 0 radical (unpaired) electrons. The third-order valence-corrected chi connectivity index (χ3v) is 3.19. The first kappa shape index (κ1) is 11.5. The molecule has 0 aliphatic heterocycles. The lowest BCUT2D eigenvalue weighted by Gasteiger charge is -2.06. The number of hydrogen-bond donors (Lipinski definition) is 1. The Morgan fingerprint density at radius 3 is 2.58 bits per heavy atom. The van der Waals surface area contributed by atoms with Crippen molar-refractivity contribution in [1.29, 1.82) is 0 Å². The van der Waals surface area contributed by atoms with Gasteiger partial charge in [0.2, 0.25) is 0 Å². The number of aromatic hydroxyl groups is 1. The molecule has 2 aromatic carbocycles. The summed E-state index contributed by atoms with van der Waals surface area (Å²) in [6.45, 7) is 1.96. The highest BCUT2D eigenvalue weighted by Gasteiger charge is 2.11. The molecule has 1 aromatic heterocycles. The molecule has 0 aliphatic carbocycles. The summed E-state index contributed by atoms with van der Waals surface area (Å²) >= 11 is 0. The summed E-state index contributed by atoms with van der Waals surface area (Å²) in [6.07, 6.45) is 0. The molecule has 1 N–H and O–H groups in total. The molecule has 0 saturated heterocycles. The lowest BCUT2D eigenvalue weighted by molar-refractivity contribution is 0.476. The van der Waals surface area contributed by atoms with Crippen LogP contribution in [-0.4, -0.2) is 5.11 Å². The van der Waals surface area contributed by atoms with Crippen LogP contribution in [0.2, 0.25) is 0 Å². The van der Waals surface area contributed by atoms with Gasteiger partial charge in [0.15, 0.2) is 0 Å². The highest BCUT2D eigenvalue weighted by atomic mass is 16.4. The lowest BCUT2D eigenvalue weighted by atomic mass is 10.0. The zero-order chi connectivity index (χ0) is 13.4. The van der Waals surface area contributed by atoms with Gasteiger partial charge in [0.05, 0.1) is 5.56 Å². The van der Waals surface area contributed by atoms with Crippen LogP contribution in [0, 0.1) is 6.92 Å². The Hall–Kier alpha value is -2.55. The quantitative estimate of drug-likeness (QED) is 0.674. The van der Waals surface area contributed by atoms with Gasteiger partial charge in [0.1, 0.15) is 11.3 Å². The molecule has 0 unspecified atom stereocenters. The monoisotopic (exact) mass is 252 g/mol. The molecule has 0 atom stereocenters. The van der Waals surface area contributed by atoms with Crippen molar-refractivity contribution in [3.63, 3.8) is 0 Å². The van der Waals surface area contributed by atoms with E-state index in [1.165, 1.54) is 0 Å². The molecule has 94 valence electrons. The molecule has 0 aliphatic rings.